The zero-order chi connectivity index (χ0) is 21.4. The molecule has 8 heteroatoms. The first kappa shape index (κ1) is 20.6. The van der Waals surface area contributed by atoms with Crippen LogP contribution in [0.4, 0.5) is 0 Å². The van der Waals surface area contributed by atoms with Crippen LogP contribution < -0.4 is 10.6 Å². The number of amides is 3. The number of benzene rings is 1. The summed E-state index contributed by atoms with van der Waals surface area (Å²) in [6.45, 7) is 9.02. The number of fused-ring (bicyclic) bond motifs is 1. The quantitative estimate of drug-likeness (QED) is 0.655. The summed E-state index contributed by atoms with van der Waals surface area (Å²) in [5, 5.41) is 5.83. The van der Waals surface area contributed by atoms with Crippen LogP contribution in [0.25, 0.3) is 0 Å². The molecule has 8 nitrogen and oxygen atoms in total. The maximum absolute atomic E-state index is 13.0. The Morgan fingerprint density at radius 1 is 1.00 bits per heavy atom. The Morgan fingerprint density at radius 3 is 2.55 bits per heavy atom. The molecule has 4 heterocycles. The summed E-state index contributed by atoms with van der Waals surface area (Å²) in [6.07, 6.45) is 1.97. The molecule has 0 bridgehead atoms. The third kappa shape index (κ3) is 4.24. The highest BCUT2D eigenvalue weighted by molar-refractivity contribution is 6.05. The Bertz CT molecular complexity index is 874. The lowest BCUT2D eigenvalue weighted by atomic mass is 10.0. The van der Waals surface area contributed by atoms with Gasteiger partial charge in [0.15, 0.2) is 0 Å². The Hall–Kier alpha value is -2.29. The Labute approximate surface area is 182 Å². The molecule has 4 aliphatic heterocycles. The molecule has 0 spiro atoms. The van der Waals surface area contributed by atoms with Crippen molar-refractivity contribution < 1.29 is 14.4 Å². The molecule has 1 aromatic rings. The van der Waals surface area contributed by atoms with Gasteiger partial charge in [0.05, 0.1) is 0 Å². The second-order valence-electron chi connectivity index (χ2n) is 9.28. The molecular formula is C23H31N5O3. The van der Waals surface area contributed by atoms with Gasteiger partial charge in [-0.1, -0.05) is 12.1 Å². The molecule has 0 aromatic heterocycles. The van der Waals surface area contributed by atoms with E-state index in [0.717, 1.165) is 57.3 Å². The molecule has 0 saturated carbocycles. The minimum absolute atomic E-state index is 0.0960. The van der Waals surface area contributed by atoms with Gasteiger partial charge >= 0.3 is 0 Å². The maximum atomic E-state index is 13.0. The molecule has 3 saturated heterocycles. The lowest BCUT2D eigenvalue weighted by molar-refractivity contribution is -0.136. The molecular weight excluding hydrogens is 394 g/mol. The van der Waals surface area contributed by atoms with Crippen LogP contribution in [-0.2, 0) is 22.7 Å². The molecule has 2 unspecified atom stereocenters. The van der Waals surface area contributed by atoms with Gasteiger partial charge < -0.3 is 15.1 Å². The predicted octanol–water partition coefficient (Wildman–Crippen LogP) is 0.175. The van der Waals surface area contributed by atoms with Crippen LogP contribution in [0, 0.1) is 5.92 Å². The van der Waals surface area contributed by atoms with Crippen molar-refractivity contribution in [2.45, 2.75) is 38.4 Å². The summed E-state index contributed by atoms with van der Waals surface area (Å²) < 4.78 is 0. The molecule has 166 valence electrons. The molecule has 0 radical (unpaired) electrons. The molecule has 5 rings (SSSR count). The molecule has 1 aromatic carbocycles. The van der Waals surface area contributed by atoms with Crippen LogP contribution in [0.5, 0.6) is 0 Å². The van der Waals surface area contributed by atoms with Gasteiger partial charge in [0.1, 0.15) is 6.04 Å². The van der Waals surface area contributed by atoms with Gasteiger partial charge in [-0.05, 0) is 49.0 Å². The number of hydrogen-bond acceptors (Lipinski definition) is 6. The number of imide groups is 1. The minimum Gasteiger partial charge on any atom is -0.322 e. The average molecular weight is 426 g/mol. The second kappa shape index (κ2) is 8.68. The predicted molar refractivity (Wildman–Crippen MR) is 115 cm³/mol. The van der Waals surface area contributed by atoms with Gasteiger partial charge in [-0.3, -0.25) is 24.6 Å². The Balaban J connectivity index is 1.22. The molecule has 4 aliphatic rings. The highest BCUT2D eigenvalue weighted by Gasteiger charge is 2.39. The number of rotatable bonds is 5. The van der Waals surface area contributed by atoms with E-state index >= 15 is 0 Å². The van der Waals surface area contributed by atoms with Crippen molar-refractivity contribution in [1.29, 1.82) is 0 Å². The van der Waals surface area contributed by atoms with Crippen molar-refractivity contribution in [2.75, 3.05) is 45.8 Å². The van der Waals surface area contributed by atoms with Crippen molar-refractivity contribution in [1.82, 2.24) is 25.3 Å². The number of carbonyl (C=O) groups is 3. The largest absolute Gasteiger partial charge is 0.322 e. The van der Waals surface area contributed by atoms with E-state index < -0.39 is 6.04 Å². The van der Waals surface area contributed by atoms with Crippen LogP contribution in [0.3, 0.4) is 0 Å². The number of hydrogen-bond donors (Lipinski definition) is 2. The molecule has 3 amide bonds. The third-order valence-corrected chi connectivity index (χ3v) is 7.22. The number of piperidine rings is 1. The van der Waals surface area contributed by atoms with Crippen molar-refractivity contribution in [3.05, 3.63) is 34.9 Å². The number of nitrogens with zero attached hydrogens (tertiary/aromatic N) is 3. The van der Waals surface area contributed by atoms with Gasteiger partial charge in [-0.15, -0.1) is 0 Å². The van der Waals surface area contributed by atoms with Gasteiger partial charge in [-0.2, -0.15) is 0 Å². The SMILES string of the molecule is O=C1CCC(N2Cc3c(CN4CCN(CC5CCNC5)CC4)cccc3C2=O)C(=O)N1. The van der Waals surface area contributed by atoms with Crippen molar-refractivity contribution in [3.8, 4) is 0 Å². The van der Waals surface area contributed by atoms with Crippen molar-refractivity contribution in [3.63, 3.8) is 0 Å². The Morgan fingerprint density at radius 2 is 1.81 bits per heavy atom. The van der Waals surface area contributed by atoms with E-state index in [2.05, 4.69) is 26.5 Å². The Kier molecular flexibility index (Phi) is 5.77. The fourth-order valence-electron chi connectivity index (χ4n) is 5.40. The summed E-state index contributed by atoms with van der Waals surface area (Å²) in [7, 11) is 0. The van der Waals surface area contributed by atoms with Gasteiger partial charge in [0.2, 0.25) is 11.8 Å². The van der Waals surface area contributed by atoms with Crippen molar-refractivity contribution in [2.24, 2.45) is 5.92 Å². The van der Waals surface area contributed by atoms with Gasteiger partial charge in [0.25, 0.3) is 5.91 Å². The lowest BCUT2D eigenvalue weighted by Crippen LogP contribution is -2.52. The van der Waals surface area contributed by atoms with E-state index in [-0.39, 0.29) is 24.1 Å². The van der Waals surface area contributed by atoms with E-state index in [1.165, 1.54) is 18.5 Å². The van der Waals surface area contributed by atoms with E-state index in [1.54, 1.807) is 4.90 Å². The topological polar surface area (TPSA) is 85.0 Å². The molecule has 2 atom stereocenters. The van der Waals surface area contributed by atoms with E-state index in [0.29, 0.717) is 18.5 Å². The summed E-state index contributed by atoms with van der Waals surface area (Å²) in [5.74, 6) is 0.0801. The highest BCUT2D eigenvalue weighted by Crippen LogP contribution is 2.30. The summed E-state index contributed by atoms with van der Waals surface area (Å²) in [6, 6.07) is 5.36. The average Bonchev–Trinajstić information content (AvgIpc) is 3.38. The molecule has 3 fully saturated rings. The summed E-state index contributed by atoms with van der Waals surface area (Å²) in [5.41, 5.74) is 2.92. The number of carbonyl (C=O) groups excluding carboxylic acids is 3. The van der Waals surface area contributed by atoms with Crippen LogP contribution in [0.2, 0.25) is 0 Å². The van der Waals surface area contributed by atoms with Crippen LogP contribution in [-0.4, -0.2) is 84.3 Å². The highest BCUT2D eigenvalue weighted by atomic mass is 16.2. The second-order valence-corrected chi connectivity index (χ2v) is 9.28. The first-order chi connectivity index (χ1) is 15.1. The molecule has 31 heavy (non-hydrogen) atoms. The standard InChI is InChI=1S/C23H31N5O3/c29-21-5-4-20(22(30)25-21)28-15-19-17(2-1-3-18(19)23(28)31)14-27-10-8-26(9-11-27)13-16-6-7-24-12-16/h1-3,16,20,24H,4-15H2,(H,25,29,30). The first-order valence-electron chi connectivity index (χ1n) is 11.5. The fourth-order valence-corrected chi connectivity index (χ4v) is 5.40. The number of nitrogens with one attached hydrogen (secondary N) is 2. The van der Waals surface area contributed by atoms with Crippen LogP contribution >= 0.6 is 0 Å². The summed E-state index contributed by atoms with van der Waals surface area (Å²) in [4.78, 5) is 43.5. The third-order valence-electron chi connectivity index (χ3n) is 7.22. The van der Waals surface area contributed by atoms with Crippen LogP contribution in [0.15, 0.2) is 18.2 Å². The zero-order valence-corrected chi connectivity index (χ0v) is 17.9. The fraction of sp³-hybridized carbons (Fsp3) is 0.609. The van der Waals surface area contributed by atoms with Gasteiger partial charge in [-0.25, -0.2) is 0 Å². The van der Waals surface area contributed by atoms with Gasteiger partial charge in [0, 0.05) is 57.8 Å². The lowest BCUT2D eigenvalue weighted by Gasteiger charge is -2.36. The summed E-state index contributed by atoms with van der Waals surface area (Å²) >= 11 is 0. The monoisotopic (exact) mass is 425 g/mol. The molecule has 0 aliphatic carbocycles. The van der Waals surface area contributed by atoms with E-state index in [9.17, 15) is 14.4 Å². The number of piperazine rings is 1. The van der Waals surface area contributed by atoms with Crippen LogP contribution in [0.1, 0.15) is 40.7 Å². The van der Waals surface area contributed by atoms with E-state index in [1.807, 2.05) is 12.1 Å². The maximum Gasteiger partial charge on any atom is 0.255 e. The van der Waals surface area contributed by atoms with Crippen molar-refractivity contribution >= 4 is 17.7 Å². The zero-order valence-electron chi connectivity index (χ0n) is 17.9. The molecule has 2 N–H and O–H groups in total. The first-order valence-corrected chi connectivity index (χ1v) is 11.5. The van der Waals surface area contributed by atoms with E-state index in [4.69, 9.17) is 0 Å². The minimum atomic E-state index is -0.556. The normalized spacial score (nSPS) is 27.6. The smallest absolute Gasteiger partial charge is 0.255 e.